The number of rotatable bonds is 5. The predicted molar refractivity (Wildman–Crippen MR) is 55.2 cm³/mol. The molecule has 78 valence electrons. The summed E-state index contributed by atoms with van der Waals surface area (Å²) in [7, 11) is 1.71. The van der Waals surface area contributed by atoms with E-state index in [0.717, 1.165) is 12.0 Å². The first-order chi connectivity index (χ1) is 6.77. The van der Waals surface area contributed by atoms with E-state index in [0.29, 0.717) is 6.54 Å². The van der Waals surface area contributed by atoms with Crippen LogP contribution >= 0.6 is 0 Å². The highest BCUT2D eigenvalue weighted by Gasteiger charge is 2.05. The third-order valence-electron chi connectivity index (χ3n) is 2.30. The van der Waals surface area contributed by atoms with Crippen molar-refractivity contribution in [3.8, 4) is 0 Å². The molecule has 1 rings (SSSR count). The molecule has 0 spiro atoms. The lowest BCUT2D eigenvalue weighted by atomic mass is 10.0. The largest absolute Gasteiger partial charge is 0.381 e. The van der Waals surface area contributed by atoms with Gasteiger partial charge in [0.05, 0.1) is 6.10 Å². The highest BCUT2D eigenvalue weighted by Crippen LogP contribution is 2.11. The molecular weight excluding hydrogens is 178 g/mol. The van der Waals surface area contributed by atoms with E-state index in [4.69, 9.17) is 9.94 Å². The second-order valence-corrected chi connectivity index (χ2v) is 3.35. The van der Waals surface area contributed by atoms with Crippen LogP contribution in [0.5, 0.6) is 0 Å². The molecule has 1 aromatic carbocycles. The quantitative estimate of drug-likeness (QED) is 0.703. The van der Waals surface area contributed by atoms with Crippen molar-refractivity contribution in [1.82, 2.24) is 5.48 Å². The lowest BCUT2D eigenvalue weighted by Gasteiger charge is -2.12. The van der Waals surface area contributed by atoms with Crippen molar-refractivity contribution in [1.29, 1.82) is 0 Å². The van der Waals surface area contributed by atoms with Gasteiger partial charge in [0.2, 0.25) is 0 Å². The highest BCUT2D eigenvalue weighted by atomic mass is 16.5. The highest BCUT2D eigenvalue weighted by molar-refractivity contribution is 5.27. The Labute approximate surface area is 84.7 Å². The topological polar surface area (TPSA) is 41.5 Å². The lowest BCUT2D eigenvalue weighted by Crippen LogP contribution is -2.13. The van der Waals surface area contributed by atoms with E-state index in [-0.39, 0.29) is 6.10 Å². The van der Waals surface area contributed by atoms with Crippen molar-refractivity contribution in [2.45, 2.75) is 26.0 Å². The first-order valence-corrected chi connectivity index (χ1v) is 4.74. The molecule has 0 aliphatic rings. The molecular formula is C11H17NO2. The molecule has 2 N–H and O–H groups in total. The summed E-state index contributed by atoms with van der Waals surface area (Å²) >= 11 is 0. The van der Waals surface area contributed by atoms with Gasteiger partial charge in [-0.1, -0.05) is 24.3 Å². The summed E-state index contributed by atoms with van der Waals surface area (Å²) in [6, 6.07) is 8.02. The van der Waals surface area contributed by atoms with Gasteiger partial charge in [0.25, 0.3) is 0 Å². The first-order valence-electron chi connectivity index (χ1n) is 4.74. The second kappa shape index (κ2) is 5.75. The molecule has 1 unspecified atom stereocenters. The molecule has 1 aromatic rings. The van der Waals surface area contributed by atoms with E-state index in [9.17, 15) is 0 Å². The minimum atomic E-state index is 0.204. The molecule has 14 heavy (non-hydrogen) atoms. The van der Waals surface area contributed by atoms with Crippen LogP contribution in [0.3, 0.4) is 0 Å². The van der Waals surface area contributed by atoms with E-state index in [1.54, 1.807) is 7.11 Å². The van der Waals surface area contributed by atoms with Crippen LogP contribution in [0.15, 0.2) is 24.3 Å². The Morgan fingerprint density at radius 3 is 2.57 bits per heavy atom. The minimum Gasteiger partial charge on any atom is -0.381 e. The number of hydroxylamine groups is 1. The zero-order valence-corrected chi connectivity index (χ0v) is 8.66. The van der Waals surface area contributed by atoms with Crippen LogP contribution in [0.4, 0.5) is 0 Å². The maximum absolute atomic E-state index is 8.65. The zero-order chi connectivity index (χ0) is 10.4. The maximum atomic E-state index is 8.65. The molecule has 3 nitrogen and oxygen atoms in total. The summed E-state index contributed by atoms with van der Waals surface area (Å²) in [6.07, 6.45) is 1.07. The predicted octanol–water partition coefficient (Wildman–Crippen LogP) is 1.74. The van der Waals surface area contributed by atoms with Crippen LogP contribution < -0.4 is 5.48 Å². The third kappa shape index (κ3) is 3.10. The van der Waals surface area contributed by atoms with Gasteiger partial charge < -0.3 is 9.94 Å². The van der Waals surface area contributed by atoms with Crippen LogP contribution in [0, 0.1) is 0 Å². The van der Waals surface area contributed by atoms with Crippen molar-refractivity contribution in [3.63, 3.8) is 0 Å². The molecule has 0 saturated carbocycles. The van der Waals surface area contributed by atoms with Crippen molar-refractivity contribution in [2.24, 2.45) is 0 Å². The number of hydrogen-bond acceptors (Lipinski definition) is 3. The molecule has 0 bridgehead atoms. The molecule has 0 aliphatic carbocycles. The summed E-state index contributed by atoms with van der Waals surface area (Å²) in [5.41, 5.74) is 4.50. The Morgan fingerprint density at radius 2 is 2.00 bits per heavy atom. The Kier molecular flexibility index (Phi) is 4.59. The average Bonchev–Trinajstić information content (AvgIpc) is 2.21. The monoisotopic (exact) mass is 195 g/mol. The molecule has 0 aliphatic heterocycles. The van der Waals surface area contributed by atoms with Gasteiger partial charge in [0.1, 0.15) is 0 Å². The van der Waals surface area contributed by atoms with Gasteiger partial charge in [-0.3, -0.25) is 0 Å². The number of nitrogens with one attached hydrogen (secondary N) is 1. The molecule has 3 heteroatoms. The SMILES string of the molecule is COC(C)Cc1ccccc1CNO. The Hall–Kier alpha value is -0.900. The number of methoxy groups -OCH3 is 1. The lowest BCUT2D eigenvalue weighted by molar-refractivity contribution is 0.118. The number of benzene rings is 1. The van der Waals surface area contributed by atoms with Crippen LogP contribution in [-0.2, 0) is 17.7 Å². The fraction of sp³-hybridized carbons (Fsp3) is 0.455. The standard InChI is InChI=1S/C11H17NO2/c1-9(14-2)7-10-5-3-4-6-11(10)8-12-13/h3-6,9,12-13H,7-8H2,1-2H3. The van der Waals surface area contributed by atoms with Gasteiger partial charge >= 0.3 is 0 Å². The molecule has 0 aromatic heterocycles. The van der Waals surface area contributed by atoms with Crippen molar-refractivity contribution in [2.75, 3.05) is 7.11 Å². The van der Waals surface area contributed by atoms with E-state index in [1.165, 1.54) is 5.56 Å². The van der Waals surface area contributed by atoms with Gasteiger partial charge in [-0.2, -0.15) is 0 Å². The molecule has 0 radical (unpaired) electrons. The minimum absolute atomic E-state index is 0.204. The van der Waals surface area contributed by atoms with Gasteiger partial charge in [-0.05, 0) is 24.5 Å². The smallest absolute Gasteiger partial charge is 0.0583 e. The van der Waals surface area contributed by atoms with E-state index in [2.05, 4.69) is 11.5 Å². The van der Waals surface area contributed by atoms with Crippen LogP contribution in [0.1, 0.15) is 18.1 Å². The van der Waals surface area contributed by atoms with E-state index < -0.39 is 0 Å². The third-order valence-corrected chi connectivity index (χ3v) is 2.30. The van der Waals surface area contributed by atoms with Crippen LogP contribution in [0.2, 0.25) is 0 Å². The molecule has 1 atom stereocenters. The number of ether oxygens (including phenoxy) is 1. The Bertz CT molecular complexity index is 276. The van der Waals surface area contributed by atoms with Gasteiger partial charge in [0, 0.05) is 13.7 Å². The van der Waals surface area contributed by atoms with Crippen LogP contribution in [0.25, 0.3) is 0 Å². The maximum Gasteiger partial charge on any atom is 0.0583 e. The summed E-state index contributed by atoms with van der Waals surface area (Å²) in [5.74, 6) is 0. The molecule has 0 amide bonds. The fourth-order valence-electron chi connectivity index (χ4n) is 1.41. The second-order valence-electron chi connectivity index (χ2n) is 3.35. The molecule has 0 fully saturated rings. The summed E-state index contributed by atoms with van der Waals surface area (Å²) in [4.78, 5) is 0. The molecule has 0 saturated heterocycles. The Balaban J connectivity index is 2.73. The van der Waals surface area contributed by atoms with Crippen molar-refractivity contribution >= 4 is 0 Å². The first kappa shape index (κ1) is 11.2. The normalized spacial score (nSPS) is 12.8. The van der Waals surface area contributed by atoms with Crippen molar-refractivity contribution in [3.05, 3.63) is 35.4 Å². The average molecular weight is 195 g/mol. The van der Waals surface area contributed by atoms with Gasteiger partial charge in [0.15, 0.2) is 0 Å². The van der Waals surface area contributed by atoms with E-state index in [1.807, 2.05) is 25.1 Å². The van der Waals surface area contributed by atoms with E-state index >= 15 is 0 Å². The van der Waals surface area contributed by atoms with Gasteiger partial charge in [-0.15, -0.1) is 0 Å². The Morgan fingerprint density at radius 1 is 1.36 bits per heavy atom. The zero-order valence-electron chi connectivity index (χ0n) is 8.66. The van der Waals surface area contributed by atoms with Crippen LogP contribution in [-0.4, -0.2) is 18.4 Å². The van der Waals surface area contributed by atoms with Crippen molar-refractivity contribution < 1.29 is 9.94 Å². The summed E-state index contributed by atoms with van der Waals surface area (Å²) < 4.78 is 5.20. The van der Waals surface area contributed by atoms with Gasteiger partial charge in [-0.25, -0.2) is 5.48 Å². The summed E-state index contributed by atoms with van der Waals surface area (Å²) in [6.45, 7) is 2.51. The molecule has 0 heterocycles. The summed E-state index contributed by atoms with van der Waals surface area (Å²) in [5, 5.41) is 8.65. The fourth-order valence-corrected chi connectivity index (χ4v) is 1.41. The number of hydrogen-bond donors (Lipinski definition) is 2.